The lowest BCUT2D eigenvalue weighted by Crippen LogP contribution is -2.34. The van der Waals surface area contributed by atoms with E-state index in [1.807, 2.05) is 52.0 Å². The van der Waals surface area contributed by atoms with E-state index >= 15 is 0 Å². The minimum absolute atomic E-state index is 0.0107. The summed E-state index contributed by atoms with van der Waals surface area (Å²) in [6.45, 7) is 12.8. The highest BCUT2D eigenvalue weighted by Crippen LogP contribution is 2.28. The third kappa shape index (κ3) is 9.69. The van der Waals surface area contributed by atoms with Crippen molar-refractivity contribution in [3.05, 3.63) is 60.7 Å². The second kappa shape index (κ2) is 14.9. The molecule has 4 rings (SSSR count). The summed E-state index contributed by atoms with van der Waals surface area (Å²) in [7, 11) is -8.26. The summed E-state index contributed by atoms with van der Waals surface area (Å²) in [6.07, 6.45) is 0. The molecule has 2 aromatic carbocycles. The molecule has 4 aromatic rings. The summed E-state index contributed by atoms with van der Waals surface area (Å²) in [5.74, 6) is -0.681. The van der Waals surface area contributed by atoms with Gasteiger partial charge in [0.05, 0.1) is 37.0 Å². The van der Waals surface area contributed by atoms with Crippen LogP contribution in [0.4, 0.5) is 4.39 Å². The van der Waals surface area contributed by atoms with Gasteiger partial charge in [-0.1, -0.05) is 81.2 Å². The highest BCUT2D eigenvalue weighted by molar-refractivity contribution is 7.91. The van der Waals surface area contributed by atoms with Crippen molar-refractivity contribution in [1.82, 2.24) is 40.4 Å². The molecule has 0 aliphatic carbocycles. The Labute approximate surface area is 259 Å². The van der Waals surface area contributed by atoms with E-state index in [-0.39, 0.29) is 33.2 Å². The fourth-order valence-corrected chi connectivity index (χ4v) is 7.12. The van der Waals surface area contributed by atoms with Gasteiger partial charge in [0.15, 0.2) is 0 Å². The van der Waals surface area contributed by atoms with Gasteiger partial charge in [0, 0.05) is 0 Å². The highest BCUT2D eigenvalue weighted by Gasteiger charge is 2.33. The minimum Gasteiger partial charge on any atom is -0.390 e. The molecule has 2 atom stereocenters. The number of sulfone groups is 2. The van der Waals surface area contributed by atoms with Crippen LogP contribution in [-0.4, -0.2) is 86.6 Å². The highest BCUT2D eigenvalue weighted by atomic mass is 32.2. The van der Waals surface area contributed by atoms with Gasteiger partial charge in [-0.15, -0.1) is 0 Å². The van der Waals surface area contributed by atoms with E-state index in [9.17, 15) is 26.3 Å². The monoisotopic (exact) mass is 653 g/mol. The number of nitrogens with zero attached hydrogens (tertiary/aromatic N) is 8. The largest absolute Gasteiger partial charge is 0.390 e. The summed E-state index contributed by atoms with van der Waals surface area (Å²) in [4.78, 5) is 0. The third-order valence-electron chi connectivity index (χ3n) is 7.06. The number of para-hydroxylation sites is 2. The molecule has 13 nitrogen and oxygen atoms in total. The predicted octanol–water partition coefficient (Wildman–Crippen LogP) is 3.55. The zero-order valence-electron chi connectivity index (χ0n) is 26.9. The molecule has 2 heterocycles. The Morgan fingerprint density at radius 2 is 1.09 bits per heavy atom. The Hall–Kier alpha value is -3.63. The van der Waals surface area contributed by atoms with E-state index in [0.717, 1.165) is 0 Å². The number of alkyl halides is 1. The van der Waals surface area contributed by atoms with Gasteiger partial charge in [0.1, 0.15) is 0 Å². The average molecular weight is 654 g/mol. The van der Waals surface area contributed by atoms with Crippen molar-refractivity contribution in [3.63, 3.8) is 0 Å². The van der Waals surface area contributed by atoms with Crippen molar-refractivity contribution >= 4 is 19.7 Å². The number of aliphatic hydroxyl groups is 1. The molecular formula is C28H41FN8O5S2. The Bertz CT molecular complexity index is 1560. The van der Waals surface area contributed by atoms with Crippen LogP contribution in [0.5, 0.6) is 0 Å². The number of aromatic nitrogens is 8. The summed E-state index contributed by atoms with van der Waals surface area (Å²) in [5.41, 5.74) is -0.00241. The Morgan fingerprint density at radius 1 is 0.750 bits per heavy atom. The van der Waals surface area contributed by atoms with Gasteiger partial charge in [-0.3, -0.25) is 4.39 Å². The van der Waals surface area contributed by atoms with E-state index in [4.69, 9.17) is 1.37 Å². The topological polar surface area (TPSA) is 176 Å². The average Bonchev–Trinajstić information content (AvgIpc) is 3.65. The lowest BCUT2D eigenvalue weighted by Gasteiger charge is -2.26. The van der Waals surface area contributed by atoms with Crippen LogP contribution in [0.1, 0.15) is 49.8 Å². The zero-order chi connectivity index (χ0) is 34.1. The Kier molecular flexibility index (Phi) is 11.8. The molecule has 1 N–H and O–H groups in total. The summed E-state index contributed by atoms with van der Waals surface area (Å²) in [5, 5.41) is 31.4. The molecule has 0 radical (unpaired) electrons. The van der Waals surface area contributed by atoms with Crippen molar-refractivity contribution in [2.45, 2.75) is 64.4 Å². The summed E-state index contributed by atoms with van der Waals surface area (Å²) >= 11 is 0. The fourth-order valence-electron chi connectivity index (χ4n) is 3.47. The van der Waals surface area contributed by atoms with Gasteiger partial charge in [-0.05, 0) is 76.2 Å². The molecule has 0 unspecified atom stereocenters. The first-order valence-corrected chi connectivity index (χ1v) is 16.9. The zero-order valence-corrected chi connectivity index (χ0v) is 27.5. The van der Waals surface area contributed by atoms with Crippen LogP contribution in [0.25, 0.3) is 11.4 Å². The van der Waals surface area contributed by atoms with Crippen molar-refractivity contribution in [1.29, 1.82) is 0 Å². The van der Waals surface area contributed by atoms with Crippen LogP contribution in [-0.2, 0) is 19.7 Å². The normalized spacial score (nSPS) is 13.9. The molecule has 0 saturated heterocycles. The van der Waals surface area contributed by atoms with Crippen molar-refractivity contribution < 1.29 is 27.7 Å². The smallest absolute Gasteiger partial charge is 0.272 e. The first-order valence-electron chi connectivity index (χ1n) is 14.3. The molecule has 44 heavy (non-hydrogen) atoms. The van der Waals surface area contributed by atoms with E-state index in [0.29, 0.717) is 11.4 Å². The molecule has 0 aliphatic heterocycles. The minimum atomic E-state index is -3.71. The summed E-state index contributed by atoms with van der Waals surface area (Å²) in [6, 6.07) is 17.8. The predicted molar refractivity (Wildman–Crippen MR) is 164 cm³/mol. The number of rotatable bonds is 9. The van der Waals surface area contributed by atoms with Crippen LogP contribution in [0, 0.1) is 17.3 Å². The molecule has 0 aliphatic rings. The SMILES string of the molecule is C[C@@H](CS(=O)(=O)c1nnnn1-c1ccccc1)C(C)(C)C.C[C@@H](CS(=O)(=O)c1nnnn1-c1ccccc1)C(C)(C)O.[2H]CF. The number of halogens is 1. The van der Waals surface area contributed by atoms with Crippen molar-refractivity contribution in [3.8, 4) is 11.4 Å². The van der Waals surface area contributed by atoms with Crippen molar-refractivity contribution in [2.24, 2.45) is 17.3 Å². The van der Waals surface area contributed by atoms with Gasteiger partial charge in [-0.25, -0.2) is 16.8 Å². The standard InChI is InChI=1S/C14H20N4O2S.C13H18N4O3S.CH3F/c1-11(14(2,3)4)10-21(19,20)13-15-16-17-18(13)12-8-6-5-7-9-12;1-10(13(2,3)18)9-21(19,20)12-14-15-16-17(12)11-7-5-4-6-8-11;1-2/h5-9,11H,10H2,1-4H3;4-8,10,18H,9H2,1-3H3;1H3/t11-;10-;/m00./s1/i;;1D. The van der Waals surface area contributed by atoms with Crippen LogP contribution >= 0.6 is 0 Å². The third-order valence-corrected chi connectivity index (χ3v) is 10.6. The van der Waals surface area contributed by atoms with Gasteiger partial charge >= 0.3 is 0 Å². The van der Waals surface area contributed by atoms with Gasteiger partial charge in [0.25, 0.3) is 10.3 Å². The van der Waals surface area contributed by atoms with Gasteiger partial charge in [-0.2, -0.15) is 9.36 Å². The number of hydrogen-bond acceptors (Lipinski definition) is 11. The molecular weight excluding hydrogens is 611 g/mol. The quantitative estimate of drug-likeness (QED) is 0.280. The molecule has 0 bridgehead atoms. The lowest BCUT2D eigenvalue weighted by molar-refractivity contribution is 0.0339. The first-order chi connectivity index (χ1) is 20.8. The molecule has 242 valence electrons. The van der Waals surface area contributed by atoms with Crippen molar-refractivity contribution in [2.75, 3.05) is 18.7 Å². The molecule has 0 amide bonds. The van der Waals surface area contributed by atoms with Crippen LogP contribution in [0.2, 0.25) is 0 Å². The maximum atomic E-state index is 12.6. The van der Waals surface area contributed by atoms with Crippen LogP contribution < -0.4 is 0 Å². The Balaban J connectivity index is 0.000000288. The van der Waals surface area contributed by atoms with Gasteiger partial charge < -0.3 is 5.11 Å². The molecule has 0 saturated carbocycles. The number of hydrogen-bond donors (Lipinski definition) is 1. The van der Waals surface area contributed by atoms with Crippen LogP contribution in [0.3, 0.4) is 0 Å². The van der Waals surface area contributed by atoms with Gasteiger partial charge in [0.2, 0.25) is 19.7 Å². The van der Waals surface area contributed by atoms with E-state index < -0.39 is 38.3 Å². The van der Waals surface area contributed by atoms with Crippen LogP contribution in [0.15, 0.2) is 71.0 Å². The molecule has 0 fully saturated rings. The summed E-state index contributed by atoms with van der Waals surface area (Å²) < 4.78 is 68.1. The Morgan fingerprint density at radius 3 is 1.41 bits per heavy atom. The number of tetrazole rings is 2. The van der Waals surface area contributed by atoms with E-state index in [1.165, 1.54) is 9.36 Å². The second-order valence-electron chi connectivity index (χ2n) is 11.8. The molecule has 0 spiro atoms. The molecule has 2 aromatic heterocycles. The fraction of sp³-hybridized carbons (Fsp3) is 0.500. The maximum absolute atomic E-state index is 12.6. The maximum Gasteiger partial charge on any atom is 0.272 e. The van der Waals surface area contributed by atoms with E-state index in [1.54, 1.807) is 57.2 Å². The lowest BCUT2D eigenvalue weighted by atomic mass is 9.83. The molecule has 16 heteroatoms. The second-order valence-corrected chi connectivity index (χ2v) is 15.7. The van der Waals surface area contributed by atoms with E-state index in [2.05, 4.69) is 31.1 Å². The number of benzene rings is 2. The first kappa shape index (κ1) is 34.9.